The summed E-state index contributed by atoms with van der Waals surface area (Å²) in [7, 11) is 3.15. The van der Waals surface area contributed by atoms with Gasteiger partial charge < -0.3 is 29.0 Å². The fourth-order valence-electron chi connectivity index (χ4n) is 3.27. The molecule has 2 aromatic carbocycles. The molecule has 0 radical (unpaired) electrons. The highest BCUT2D eigenvalue weighted by molar-refractivity contribution is 5.94. The lowest BCUT2D eigenvalue weighted by molar-refractivity contribution is 0.0669. The average molecular weight is 415 g/mol. The van der Waals surface area contributed by atoms with Crippen LogP contribution in [0.1, 0.15) is 35.7 Å². The molecule has 1 amide bonds. The number of ether oxygens (including phenoxy) is 5. The highest BCUT2D eigenvalue weighted by atomic mass is 16.5. The van der Waals surface area contributed by atoms with Crippen molar-refractivity contribution in [3.8, 4) is 23.0 Å². The fourth-order valence-corrected chi connectivity index (χ4v) is 3.27. The molecule has 1 aliphatic heterocycles. The Morgan fingerprint density at radius 2 is 1.77 bits per heavy atom. The molecule has 1 fully saturated rings. The van der Waals surface area contributed by atoms with Crippen LogP contribution < -0.4 is 24.3 Å². The Balaban J connectivity index is 1.60. The van der Waals surface area contributed by atoms with Crippen molar-refractivity contribution in [2.75, 3.05) is 34.0 Å². The third-order valence-electron chi connectivity index (χ3n) is 4.86. The van der Waals surface area contributed by atoms with Crippen LogP contribution in [-0.2, 0) is 11.3 Å². The molecule has 1 unspecified atom stereocenters. The van der Waals surface area contributed by atoms with Crippen LogP contribution >= 0.6 is 0 Å². The van der Waals surface area contributed by atoms with Crippen LogP contribution in [0.3, 0.4) is 0 Å². The lowest BCUT2D eigenvalue weighted by Crippen LogP contribution is -2.23. The maximum atomic E-state index is 12.5. The van der Waals surface area contributed by atoms with Crippen LogP contribution in [0.4, 0.5) is 0 Å². The number of carbonyl (C=O) groups excluding carboxylic acids is 1. The standard InChI is InChI=1S/C23H29NO6/c1-4-28-19-10-8-17(13-22(19)27-3)23(25)24-14-16-7-9-20(21(12-16)26-2)30-15-18-6-5-11-29-18/h7-10,12-13,18H,4-6,11,14-15H2,1-3H3,(H,24,25). The molecule has 1 N–H and O–H groups in total. The van der Waals surface area contributed by atoms with Crippen LogP contribution in [0.2, 0.25) is 0 Å². The molecule has 0 saturated carbocycles. The van der Waals surface area contributed by atoms with Gasteiger partial charge in [-0.15, -0.1) is 0 Å². The third kappa shape index (κ3) is 5.57. The molecule has 0 spiro atoms. The molecule has 0 bridgehead atoms. The molecule has 1 aliphatic rings. The molecule has 0 aliphatic carbocycles. The zero-order valence-electron chi connectivity index (χ0n) is 17.7. The third-order valence-corrected chi connectivity index (χ3v) is 4.86. The zero-order chi connectivity index (χ0) is 21.3. The fraction of sp³-hybridized carbons (Fsp3) is 0.435. The van der Waals surface area contributed by atoms with Crippen LogP contribution in [-0.4, -0.2) is 46.1 Å². The predicted molar refractivity (Wildman–Crippen MR) is 113 cm³/mol. The Morgan fingerprint density at radius 3 is 2.47 bits per heavy atom. The topological polar surface area (TPSA) is 75.3 Å². The molecule has 1 heterocycles. The second-order valence-corrected chi connectivity index (χ2v) is 6.91. The van der Waals surface area contributed by atoms with Crippen molar-refractivity contribution < 1.29 is 28.5 Å². The summed E-state index contributed by atoms with van der Waals surface area (Å²) in [6.45, 7) is 4.08. The van der Waals surface area contributed by atoms with E-state index in [2.05, 4.69) is 5.32 Å². The van der Waals surface area contributed by atoms with E-state index in [1.807, 2.05) is 25.1 Å². The average Bonchev–Trinajstić information content (AvgIpc) is 3.30. The van der Waals surface area contributed by atoms with Crippen molar-refractivity contribution >= 4 is 5.91 Å². The number of hydrogen-bond donors (Lipinski definition) is 1. The Bertz CT molecular complexity index is 848. The first kappa shape index (κ1) is 21.8. The molecule has 0 aromatic heterocycles. The monoisotopic (exact) mass is 415 g/mol. The number of carbonyl (C=O) groups is 1. The first-order chi connectivity index (χ1) is 14.6. The number of amides is 1. The molecule has 162 valence electrons. The second-order valence-electron chi connectivity index (χ2n) is 6.91. The lowest BCUT2D eigenvalue weighted by Gasteiger charge is -2.15. The van der Waals surface area contributed by atoms with Gasteiger partial charge in [-0.3, -0.25) is 4.79 Å². The summed E-state index contributed by atoms with van der Waals surface area (Å²) in [5.41, 5.74) is 1.40. The van der Waals surface area contributed by atoms with Crippen LogP contribution in [0.5, 0.6) is 23.0 Å². The van der Waals surface area contributed by atoms with Crippen molar-refractivity contribution in [3.05, 3.63) is 47.5 Å². The molecule has 7 nitrogen and oxygen atoms in total. The Morgan fingerprint density at radius 1 is 1.03 bits per heavy atom. The molecule has 30 heavy (non-hydrogen) atoms. The number of nitrogens with one attached hydrogen (secondary N) is 1. The van der Waals surface area contributed by atoms with Crippen molar-refractivity contribution in [2.45, 2.75) is 32.4 Å². The summed E-state index contributed by atoms with van der Waals surface area (Å²) >= 11 is 0. The van der Waals surface area contributed by atoms with Gasteiger partial charge in [0.1, 0.15) is 6.61 Å². The van der Waals surface area contributed by atoms with E-state index in [0.717, 1.165) is 25.0 Å². The Hall–Kier alpha value is -2.93. The van der Waals surface area contributed by atoms with E-state index in [9.17, 15) is 4.79 Å². The van der Waals surface area contributed by atoms with Gasteiger partial charge in [-0.25, -0.2) is 0 Å². The van der Waals surface area contributed by atoms with Crippen molar-refractivity contribution in [1.29, 1.82) is 0 Å². The number of rotatable bonds is 10. The van der Waals surface area contributed by atoms with Crippen molar-refractivity contribution in [1.82, 2.24) is 5.32 Å². The summed E-state index contributed by atoms with van der Waals surface area (Å²) in [5, 5.41) is 2.91. The second kappa shape index (κ2) is 10.7. The van der Waals surface area contributed by atoms with E-state index in [1.165, 1.54) is 0 Å². The van der Waals surface area contributed by atoms with Gasteiger partial charge in [-0.2, -0.15) is 0 Å². The highest BCUT2D eigenvalue weighted by Gasteiger charge is 2.17. The van der Waals surface area contributed by atoms with Crippen LogP contribution in [0.25, 0.3) is 0 Å². The van der Waals surface area contributed by atoms with E-state index in [0.29, 0.717) is 48.3 Å². The molecule has 2 aromatic rings. The van der Waals surface area contributed by atoms with Gasteiger partial charge in [0.25, 0.3) is 5.91 Å². The van der Waals surface area contributed by atoms with E-state index in [-0.39, 0.29) is 12.0 Å². The summed E-state index contributed by atoms with van der Waals surface area (Å²) in [6.07, 6.45) is 2.23. The minimum atomic E-state index is -0.200. The first-order valence-electron chi connectivity index (χ1n) is 10.1. The van der Waals surface area contributed by atoms with Gasteiger partial charge in [0, 0.05) is 18.7 Å². The molecular weight excluding hydrogens is 386 g/mol. The largest absolute Gasteiger partial charge is 0.493 e. The minimum absolute atomic E-state index is 0.139. The molecule has 3 rings (SSSR count). The van der Waals surface area contributed by atoms with Crippen molar-refractivity contribution in [2.24, 2.45) is 0 Å². The van der Waals surface area contributed by atoms with Crippen LogP contribution in [0.15, 0.2) is 36.4 Å². The van der Waals surface area contributed by atoms with E-state index in [1.54, 1.807) is 32.4 Å². The Kier molecular flexibility index (Phi) is 7.79. The maximum Gasteiger partial charge on any atom is 0.251 e. The molecule has 1 saturated heterocycles. The van der Waals surface area contributed by atoms with Gasteiger partial charge in [-0.05, 0) is 55.7 Å². The zero-order valence-corrected chi connectivity index (χ0v) is 17.7. The predicted octanol–water partition coefficient (Wildman–Crippen LogP) is 3.59. The first-order valence-corrected chi connectivity index (χ1v) is 10.1. The van der Waals surface area contributed by atoms with Crippen molar-refractivity contribution in [3.63, 3.8) is 0 Å². The summed E-state index contributed by atoms with van der Waals surface area (Å²) < 4.78 is 27.7. The number of benzene rings is 2. The summed E-state index contributed by atoms with van der Waals surface area (Å²) in [5.74, 6) is 2.23. The molecular formula is C23H29NO6. The Labute approximate surface area is 177 Å². The number of methoxy groups -OCH3 is 2. The van der Waals surface area contributed by atoms with E-state index in [4.69, 9.17) is 23.7 Å². The van der Waals surface area contributed by atoms with Gasteiger partial charge in [0.15, 0.2) is 23.0 Å². The molecule has 1 atom stereocenters. The van der Waals surface area contributed by atoms with Gasteiger partial charge in [0.2, 0.25) is 0 Å². The quantitative estimate of drug-likeness (QED) is 0.639. The minimum Gasteiger partial charge on any atom is -0.493 e. The smallest absolute Gasteiger partial charge is 0.251 e. The summed E-state index contributed by atoms with van der Waals surface area (Å²) in [6, 6.07) is 10.8. The highest BCUT2D eigenvalue weighted by Crippen LogP contribution is 2.30. The normalized spacial score (nSPS) is 15.5. The van der Waals surface area contributed by atoms with Crippen LogP contribution in [0, 0.1) is 0 Å². The summed E-state index contributed by atoms with van der Waals surface area (Å²) in [4.78, 5) is 12.5. The SMILES string of the molecule is CCOc1ccc(C(=O)NCc2ccc(OCC3CCCO3)c(OC)c2)cc1OC. The number of hydrogen-bond acceptors (Lipinski definition) is 6. The van der Waals surface area contributed by atoms with Gasteiger partial charge in [0.05, 0.1) is 26.9 Å². The van der Waals surface area contributed by atoms with E-state index < -0.39 is 0 Å². The van der Waals surface area contributed by atoms with Gasteiger partial charge in [-0.1, -0.05) is 6.07 Å². The molecule has 7 heteroatoms. The lowest BCUT2D eigenvalue weighted by atomic mass is 10.1. The van der Waals surface area contributed by atoms with E-state index >= 15 is 0 Å². The maximum absolute atomic E-state index is 12.5. The van der Waals surface area contributed by atoms with Gasteiger partial charge >= 0.3 is 0 Å².